The molecular formula is C23H27Cl2FN8O2. The van der Waals surface area contributed by atoms with E-state index in [1.54, 1.807) is 11.1 Å². The first-order valence-electron chi connectivity index (χ1n) is 11.5. The fourth-order valence-corrected chi connectivity index (χ4v) is 4.20. The summed E-state index contributed by atoms with van der Waals surface area (Å²) < 4.78 is 20.6. The number of pyridine rings is 1. The number of nitrogens with one attached hydrogen (secondary N) is 1. The van der Waals surface area contributed by atoms with Gasteiger partial charge in [-0.15, -0.1) is 0 Å². The van der Waals surface area contributed by atoms with Crippen LogP contribution in [0, 0.1) is 5.82 Å². The van der Waals surface area contributed by atoms with Crippen LogP contribution in [0.4, 0.5) is 21.0 Å². The highest BCUT2D eigenvalue weighted by Gasteiger charge is 2.25. The molecule has 36 heavy (non-hydrogen) atoms. The molecule has 1 aliphatic rings. The molecule has 0 radical (unpaired) electrons. The van der Waals surface area contributed by atoms with Crippen LogP contribution in [-0.4, -0.2) is 68.0 Å². The van der Waals surface area contributed by atoms with Gasteiger partial charge in [-0.05, 0) is 55.8 Å². The third kappa shape index (κ3) is 5.96. The van der Waals surface area contributed by atoms with Crippen molar-refractivity contribution in [2.24, 2.45) is 0 Å². The van der Waals surface area contributed by atoms with E-state index < -0.39 is 11.4 Å². The van der Waals surface area contributed by atoms with Crippen LogP contribution in [0.2, 0.25) is 10.0 Å². The van der Waals surface area contributed by atoms with Gasteiger partial charge in [0.25, 0.3) is 0 Å². The minimum Gasteiger partial charge on any atom is -0.444 e. The molecular weight excluding hydrogens is 510 g/mol. The Morgan fingerprint density at radius 3 is 2.72 bits per heavy atom. The minimum absolute atomic E-state index is 0.00758. The molecule has 0 spiro atoms. The summed E-state index contributed by atoms with van der Waals surface area (Å²) in [5.41, 5.74) is 0.722. The number of ether oxygens (including phenoxy) is 1. The molecule has 10 nitrogen and oxygen atoms in total. The SMILES string of the molecule is CC(C)(C)OC(=O)N1CCCN(c2ncccc2CNc2nnnn2-c2ccc(F)c(Cl)c2Cl)CC1. The van der Waals surface area contributed by atoms with E-state index in [0.29, 0.717) is 37.8 Å². The predicted molar refractivity (Wildman–Crippen MR) is 135 cm³/mol. The summed E-state index contributed by atoms with van der Waals surface area (Å²) in [5.74, 6) is 0.481. The highest BCUT2D eigenvalue weighted by Crippen LogP contribution is 2.31. The van der Waals surface area contributed by atoms with E-state index in [-0.39, 0.29) is 16.1 Å². The Labute approximate surface area is 218 Å². The van der Waals surface area contributed by atoms with E-state index in [1.165, 1.54) is 16.8 Å². The van der Waals surface area contributed by atoms with Crippen molar-refractivity contribution < 1.29 is 13.9 Å². The number of carbonyl (C=O) groups excluding carboxylic acids is 1. The second-order valence-electron chi connectivity index (χ2n) is 9.26. The lowest BCUT2D eigenvalue weighted by Gasteiger charge is -2.27. The molecule has 0 saturated carbocycles. The Morgan fingerprint density at radius 2 is 1.94 bits per heavy atom. The zero-order valence-corrected chi connectivity index (χ0v) is 21.7. The van der Waals surface area contributed by atoms with Gasteiger partial charge in [0, 0.05) is 44.5 Å². The van der Waals surface area contributed by atoms with Crippen molar-refractivity contribution in [2.45, 2.75) is 39.3 Å². The molecule has 1 N–H and O–H groups in total. The van der Waals surface area contributed by atoms with Crippen molar-refractivity contribution in [1.29, 1.82) is 0 Å². The van der Waals surface area contributed by atoms with Gasteiger partial charge >= 0.3 is 6.09 Å². The number of nitrogens with zero attached hydrogens (tertiary/aromatic N) is 7. The molecule has 3 heterocycles. The molecule has 0 bridgehead atoms. The van der Waals surface area contributed by atoms with Gasteiger partial charge in [0.05, 0.1) is 15.7 Å². The summed E-state index contributed by atoms with van der Waals surface area (Å²) in [5, 5.41) is 14.7. The lowest BCUT2D eigenvalue weighted by molar-refractivity contribution is 0.0263. The number of anilines is 2. The van der Waals surface area contributed by atoms with Gasteiger partial charge in [-0.1, -0.05) is 34.4 Å². The van der Waals surface area contributed by atoms with Gasteiger partial charge in [-0.2, -0.15) is 4.68 Å². The average molecular weight is 537 g/mol. The van der Waals surface area contributed by atoms with Crippen LogP contribution in [0.15, 0.2) is 30.5 Å². The smallest absolute Gasteiger partial charge is 0.410 e. The average Bonchev–Trinajstić information content (AvgIpc) is 3.15. The maximum Gasteiger partial charge on any atom is 0.410 e. The van der Waals surface area contributed by atoms with Gasteiger partial charge in [0.1, 0.15) is 17.2 Å². The van der Waals surface area contributed by atoms with Crippen molar-refractivity contribution in [3.63, 3.8) is 0 Å². The van der Waals surface area contributed by atoms with E-state index >= 15 is 0 Å². The van der Waals surface area contributed by atoms with E-state index in [9.17, 15) is 9.18 Å². The van der Waals surface area contributed by atoms with Gasteiger partial charge in [-0.3, -0.25) is 0 Å². The number of tetrazole rings is 1. The van der Waals surface area contributed by atoms with E-state index in [2.05, 4.69) is 30.7 Å². The summed E-state index contributed by atoms with van der Waals surface area (Å²) in [6.45, 7) is 8.44. The third-order valence-corrected chi connectivity index (χ3v) is 6.31. The number of rotatable bonds is 5. The maximum atomic E-state index is 13.7. The molecule has 3 aromatic rings. The number of benzene rings is 1. The van der Waals surface area contributed by atoms with E-state index in [4.69, 9.17) is 27.9 Å². The molecule has 13 heteroatoms. The van der Waals surface area contributed by atoms with Gasteiger partial charge in [0.2, 0.25) is 5.95 Å². The number of hydrogen-bond acceptors (Lipinski definition) is 8. The maximum absolute atomic E-state index is 13.7. The van der Waals surface area contributed by atoms with E-state index in [0.717, 1.165) is 24.3 Å². The number of aromatic nitrogens is 5. The summed E-state index contributed by atoms with van der Waals surface area (Å²) in [6.07, 6.45) is 2.21. The fraction of sp³-hybridized carbons (Fsp3) is 0.435. The Balaban J connectivity index is 1.47. The van der Waals surface area contributed by atoms with Crippen LogP contribution in [0.3, 0.4) is 0 Å². The molecule has 0 aliphatic carbocycles. The highest BCUT2D eigenvalue weighted by molar-refractivity contribution is 6.43. The first kappa shape index (κ1) is 25.9. The summed E-state index contributed by atoms with van der Waals surface area (Å²) >= 11 is 12.2. The van der Waals surface area contributed by atoms with Crippen molar-refractivity contribution in [1.82, 2.24) is 30.1 Å². The molecule has 1 saturated heterocycles. The lowest BCUT2D eigenvalue weighted by Crippen LogP contribution is -2.39. The fourth-order valence-electron chi connectivity index (χ4n) is 3.80. The predicted octanol–water partition coefficient (Wildman–Crippen LogP) is 4.56. The minimum atomic E-state index is -0.629. The second kappa shape index (κ2) is 10.8. The van der Waals surface area contributed by atoms with Crippen LogP contribution >= 0.6 is 23.2 Å². The van der Waals surface area contributed by atoms with Crippen LogP contribution in [0.1, 0.15) is 32.8 Å². The van der Waals surface area contributed by atoms with Crippen molar-refractivity contribution in [2.75, 3.05) is 36.4 Å². The molecule has 1 fully saturated rings. The molecule has 1 amide bonds. The first-order chi connectivity index (χ1) is 17.1. The van der Waals surface area contributed by atoms with Crippen LogP contribution in [0.25, 0.3) is 5.69 Å². The standard InChI is InChI=1S/C23H27Cl2FN8O2/c1-23(2,3)36-22(35)33-11-5-10-32(12-13-33)20-15(6-4-9-27-20)14-28-21-29-30-31-34(21)17-8-7-16(26)18(24)19(17)25/h4,6-9H,5,10-14H2,1-3H3,(H,28,29,31). The quantitative estimate of drug-likeness (QED) is 0.473. The highest BCUT2D eigenvalue weighted by atomic mass is 35.5. The zero-order chi connectivity index (χ0) is 25.9. The Bertz CT molecular complexity index is 1230. The molecule has 2 aromatic heterocycles. The Kier molecular flexibility index (Phi) is 7.79. The van der Waals surface area contributed by atoms with Gasteiger partial charge in [-0.25, -0.2) is 14.2 Å². The number of carbonyl (C=O) groups is 1. The number of halogens is 3. The van der Waals surface area contributed by atoms with Crippen molar-refractivity contribution >= 4 is 41.1 Å². The topological polar surface area (TPSA) is 101 Å². The summed E-state index contributed by atoms with van der Waals surface area (Å²) in [4.78, 5) is 21.0. The van der Waals surface area contributed by atoms with Gasteiger partial charge < -0.3 is 19.9 Å². The van der Waals surface area contributed by atoms with Crippen molar-refractivity contribution in [3.8, 4) is 5.69 Å². The molecule has 4 rings (SSSR count). The largest absolute Gasteiger partial charge is 0.444 e. The molecule has 0 atom stereocenters. The lowest BCUT2D eigenvalue weighted by atomic mass is 10.2. The third-order valence-electron chi connectivity index (χ3n) is 5.46. The van der Waals surface area contributed by atoms with Crippen molar-refractivity contribution in [3.05, 3.63) is 51.9 Å². The summed E-state index contributed by atoms with van der Waals surface area (Å²) in [6, 6.07) is 6.47. The van der Waals surface area contributed by atoms with Gasteiger partial charge in [0.15, 0.2) is 0 Å². The molecule has 192 valence electrons. The Hall–Kier alpha value is -3.18. The molecule has 1 aromatic carbocycles. The Morgan fingerprint density at radius 1 is 1.14 bits per heavy atom. The van der Waals surface area contributed by atoms with Crippen LogP contribution in [0.5, 0.6) is 0 Å². The monoisotopic (exact) mass is 536 g/mol. The van der Waals surface area contributed by atoms with Crippen LogP contribution < -0.4 is 10.2 Å². The molecule has 1 aliphatic heterocycles. The normalized spacial score (nSPS) is 14.5. The number of hydrogen-bond donors (Lipinski definition) is 1. The number of amides is 1. The molecule has 0 unspecified atom stereocenters. The first-order valence-corrected chi connectivity index (χ1v) is 12.2. The zero-order valence-electron chi connectivity index (χ0n) is 20.2. The summed E-state index contributed by atoms with van der Waals surface area (Å²) in [7, 11) is 0. The second-order valence-corrected chi connectivity index (χ2v) is 10.0. The van der Waals surface area contributed by atoms with Crippen LogP contribution in [-0.2, 0) is 11.3 Å². The van der Waals surface area contributed by atoms with E-state index in [1.807, 2.05) is 32.9 Å².